The maximum atomic E-state index is 10.7. The van der Waals surface area contributed by atoms with Gasteiger partial charge in [0.05, 0.1) is 12.1 Å². The van der Waals surface area contributed by atoms with Crippen LogP contribution in [0.1, 0.15) is 55.8 Å². The van der Waals surface area contributed by atoms with E-state index in [9.17, 15) is 9.90 Å². The number of hydrogen-bond acceptors (Lipinski definition) is 5. The summed E-state index contributed by atoms with van der Waals surface area (Å²) in [4.78, 5) is 10.7. The van der Waals surface area contributed by atoms with E-state index < -0.39 is 11.6 Å². The molecule has 0 atom stereocenters. The third-order valence-electron chi connectivity index (χ3n) is 4.07. The van der Waals surface area contributed by atoms with Crippen LogP contribution in [-0.4, -0.2) is 33.5 Å². The summed E-state index contributed by atoms with van der Waals surface area (Å²) < 4.78 is 4.91. The van der Waals surface area contributed by atoms with Gasteiger partial charge in [0.15, 0.2) is 11.5 Å². The molecule has 1 saturated carbocycles. The third-order valence-corrected chi connectivity index (χ3v) is 4.07. The highest BCUT2D eigenvalue weighted by atomic mass is 16.5. The molecule has 0 saturated heterocycles. The highest BCUT2D eigenvalue weighted by Gasteiger charge is 2.36. The Balaban J connectivity index is 1.79. The van der Waals surface area contributed by atoms with Crippen molar-refractivity contribution >= 4 is 5.97 Å². The molecule has 1 aliphatic carbocycles. The van der Waals surface area contributed by atoms with Crippen LogP contribution in [0.2, 0.25) is 0 Å². The van der Waals surface area contributed by atoms with Crippen LogP contribution in [0.15, 0.2) is 10.6 Å². The molecular weight excluding hydrogens is 260 g/mol. The van der Waals surface area contributed by atoms with Crippen molar-refractivity contribution in [2.75, 3.05) is 6.54 Å². The van der Waals surface area contributed by atoms with E-state index in [1.807, 2.05) is 0 Å². The molecule has 1 aromatic heterocycles. The van der Waals surface area contributed by atoms with Crippen LogP contribution in [0.5, 0.6) is 0 Å². The highest BCUT2D eigenvalue weighted by Crippen LogP contribution is 2.39. The Morgan fingerprint density at radius 1 is 1.40 bits per heavy atom. The van der Waals surface area contributed by atoms with E-state index in [1.54, 1.807) is 0 Å². The van der Waals surface area contributed by atoms with Gasteiger partial charge in [-0.3, -0.25) is 0 Å². The maximum absolute atomic E-state index is 10.7. The molecule has 0 unspecified atom stereocenters. The number of aliphatic hydroxyl groups is 1. The van der Waals surface area contributed by atoms with Crippen LogP contribution in [-0.2, 0) is 6.54 Å². The van der Waals surface area contributed by atoms with E-state index in [4.69, 9.17) is 9.63 Å². The van der Waals surface area contributed by atoms with E-state index in [0.717, 1.165) is 25.7 Å². The second kappa shape index (κ2) is 5.54. The Kier molecular flexibility index (Phi) is 4.15. The van der Waals surface area contributed by atoms with Crippen molar-refractivity contribution in [2.24, 2.45) is 5.41 Å². The zero-order valence-corrected chi connectivity index (χ0v) is 12.0. The smallest absolute Gasteiger partial charge is 0.358 e. The first kappa shape index (κ1) is 15.0. The number of nitrogens with one attached hydrogen (secondary N) is 1. The molecule has 112 valence electrons. The quantitative estimate of drug-likeness (QED) is 0.762. The highest BCUT2D eigenvalue weighted by molar-refractivity contribution is 5.85. The minimum Gasteiger partial charge on any atom is -0.476 e. The van der Waals surface area contributed by atoms with Gasteiger partial charge in [-0.2, -0.15) is 0 Å². The van der Waals surface area contributed by atoms with Gasteiger partial charge in [0, 0.05) is 12.6 Å². The molecule has 1 fully saturated rings. The molecule has 20 heavy (non-hydrogen) atoms. The number of carboxylic acid groups (broad SMARTS) is 1. The summed E-state index contributed by atoms with van der Waals surface area (Å²) in [6.07, 6.45) is 3.58. The Morgan fingerprint density at radius 2 is 2.05 bits per heavy atom. The summed E-state index contributed by atoms with van der Waals surface area (Å²) in [6, 6.07) is 1.39. The van der Waals surface area contributed by atoms with Crippen molar-refractivity contribution in [3.8, 4) is 0 Å². The number of carboxylic acids is 1. The summed E-state index contributed by atoms with van der Waals surface area (Å²) in [5.74, 6) is -0.643. The second-order valence-electron chi connectivity index (χ2n) is 6.48. The van der Waals surface area contributed by atoms with Crippen molar-refractivity contribution in [2.45, 2.75) is 51.7 Å². The van der Waals surface area contributed by atoms with Crippen LogP contribution < -0.4 is 5.32 Å². The van der Waals surface area contributed by atoms with Crippen LogP contribution in [0, 0.1) is 5.41 Å². The number of nitrogens with zero attached hydrogens (tertiary/aromatic N) is 1. The molecule has 1 aliphatic rings. The second-order valence-corrected chi connectivity index (χ2v) is 6.48. The molecule has 2 rings (SSSR count). The molecule has 0 aliphatic heterocycles. The Hall–Kier alpha value is -1.40. The van der Waals surface area contributed by atoms with Crippen LogP contribution in [0.4, 0.5) is 0 Å². The van der Waals surface area contributed by atoms with Gasteiger partial charge in [-0.1, -0.05) is 19.0 Å². The van der Waals surface area contributed by atoms with Crippen molar-refractivity contribution < 1.29 is 19.5 Å². The monoisotopic (exact) mass is 282 g/mol. The molecule has 6 nitrogen and oxygen atoms in total. The predicted molar refractivity (Wildman–Crippen MR) is 72.4 cm³/mol. The fraction of sp³-hybridized carbons (Fsp3) is 0.714. The van der Waals surface area contributed by atoms with E-state index in [0.29, 0.717) is 24.3 Å². The van der Waals surface area contributed by atoms with Gasteiger partial charge in [-0.05, 0) is 31.1 Å². The summed E-state index contributed by atoms with van der Waals surface area (Å²) >= 11 is 0. The van der Waals surface area contributed by atoms with Gasteiger partial charge in [-0.25, -0.2) is 4.79 Å². The van der Waals surface area contributed by atoms with E-state index in [1.165, 1.54) is 6.07 Å². The number of hydrogen-bond donors (Lipinski definition) is 3. The normalized spacial score (nSPS) is 20.8. The Morgan fingerprint density at radius 3 is 2.60 bits per heavy atom. The standard InChI is InChI=1S/C14H22N2O4/c1-13(2)3-5-14(19,6-4-13)9-15-8-10-7-11(12(17)18)16-20-10/h7,15,19H,3-6,8-9H2,1-2H3,(H,17,18). The molecule has 0 amide bonds. The lowest BCUT2D eigenvalue weighted by Crippen LogP contribution is -2.44. The van der Waals surface area contributed by atoms with E-state index >= 15 is 0 Å². The maximum Gasteiger partial charge on any atom is 0.358 e. The molecule has 0 bridgehead atoms. The summed E-state index contributed by atoms with van der Waals surface area (Å²) in [5, 5.41) is 25.8. The largest absolute Gasteiger partial charge is 0.476 e. The minimum absolute atomic E-state index is 0.0973. The lowest BCUT2D eigenvalue weighted by molar-refractivity contribution is -0.0247. The lowest BCUT2D eigenvalue weighted by atomic mass is 9.71. The van der Waals surface area contributed by atoms with Crippen LogP contribution >= 0.6 is 0 Å². The first-order chi connectivity index (χ1) is 9.30. The molecule has 1 aromatic rings. The average molecular weight is 282 g/mol. The van der Waals surface area contributed by atoms with Gasteiger partial charge >= 0.3 is 5.97 Å². The first-order valence-corrected chi connectivity index (χ1v) is 6.92. The molecule has 3 N–H and O–H groups in total. The van der Waals surface area contributed by atoms with Crippen molar-refractivity contribution in [1.82, 2.24) is 10.5 Å². The molecular formula is C14H22N2O4. The SMILES string of the molecule is CC1(C)CCC(O)(CNCc2cc(C(=O)O)no2)CC1. The summed E-state index contributed by atoms with van der Waals surface area (Å²) in [6.45, 7) is 5.29. The van der Waals surface area contributed by atoms with Gasteiger partial charge in [-0.15, -0.1) is 0 Å². The molecule has 6 heteroatoms. The van der Waals surface area contributed by atoms with Crippen LogP contribution in [0.25, 0.3) is 0 Å². The topological polar surface area (TPSA) is 95.6 Å². The minimum atomic E-state index is -1.10. The number of aromatic nitrogens is 1. The van der Waals surface area contributed by atoms with Crippen molar-refractivity contribution in [3.05, 3.63) is 17.5 Å². The van der Waals surface area contributed by atoms with Crippen molar-refractivity contribution in [3.63, 3.8) is 0 Å². The fourth-order valence-corrected chi connectivity index (χ4v) is 2.48. The number of carbonyl (C=O) groups is 1. The van der Waals surface area contributed by atoms with Gasteiger partial charge < -0.3 is 20.1 Å². The average Bonchev–Trinajstić information content (AvgIpc) is 2.83. The predicted octanol–water partition coefficient (Wildman–Crippen LogP) is 1.79. The molecule has 0 aromatic carbocycles. The zero-order chi connectivity index (χ0) is 14.8. The Labute approximate surface area is 118 Å². The zero-order valence-electron chi connectivity index (χ0n) is 12.0. The molecule has 1 heterocycles. The van der Waals surface area contributed by atoms with Crippen LogP contribution in [0.3, 0.4) is 0 Å². The summed E-state index contributed by atoms with van der Waals surface area (Å²) in [7, 11) is 0. The third kappa shape index (κ3) is 3.80. The molecule has 0 radical (unpaired) electrons. The van der Waals surface area contributed by atoms with Gasteiger partial charge in [0.25, 0.3) is 0 Å². The van der Waals surface area contributed by atoms with Gasteiger partial charge in [0.1, 0.15) is 0 Å². The number of rotatable bonds is 5. The fourth-order valence-electron chi connectivity index (χ4n) is 2.48. The van der Waals surface area contributed by atoms with Crippen molar-refractivity contribution in [1.29, 1.82) is 0 Å². The number of aromatic carboxylic acids is 1. The van der Waals surface area contributed by atoms with E-state index in [-0.39, 0.29) is 5.69 Å². The van der Waals surface area contributed by atoms with E-state index in [2.05, 4.69) is 24.3 Å². The first-order valence-electron chi connectivity index (χ1n) is 6.92. The summed E-state index contributed by atoms with van der Waals surface area (Å²) in [5.41, 5.74) is -0.460. The molecule has 0 spiro atoms. The Bertz CT molecular complexity index is 471. The van der Waals surface area contributed by atoms with Gasteiger partial charge in [0.2, 0.25) is 0 Å². The lowest BCUT2D eigenvalue weighted by Gasteiger charge is -2.40.